The number of hydrogen-bond donors (Lipinski definition) is 0. The monoisotopic (exact) mass is 325 g/mol. The fourth-order valence-electron chi connectivity index (χ4n) is 2.24. The van der Waals surface area contributed by atoms with Crippen molar-refractivity contribution >= 4 is 15.9 Å². The molecule has 1 aliphatic rings. The van der Waals surface area contributed by atoms with Gasteiger partial charge in [0.25, 0.3) is 0 Å². The van der Waals surface area contributed by atoms with E-state index in [4.69, 9.17) is 5.26 Å². The summed E-state index contributed by atoms with van der Waals surface area (Å²) in [6, 6.07) is 5.59. The molecule has 1 aromatic rings. The molecule has 118 valence electrons. The number of hydrogen-bond acceptors (Lipinski definition) is 4. The number of nitrogens with zero attached hydrogens (tertiary/aromatic N) is 3. The lowest BCUT2D eigenvalue weighted by molar-refractivity contribution is -0.131. The largest absolute Gasteiger partial charge is 0.339 e. The first-order valence-electron chi connectivity index (χ1n) is 6.77. The maximum absolute atomic E-state index is 13.6. The van der Waals surface area contributed by atoms with Gasteiger partial charge in [-0.2, -0.15) is 9.57 Å². The highest BCUT2D eigenvalue weighted by Gasteiger charge is 2.30. The SMILES string of the molecule is Cc1ccc(S(=O)(=O)N2CCN(C(=O)CC#N)CC2)cc1F. The predicted molar refractivity (Wildman–Crippen MR) is 76.7 cm³/mol. The van der Waals surface area contributed by atoms with E-state index in [1.54, 1.807) is 13.0 Å². The molecule has 0 radical (unpaired) electrons. The molecular formula is C14H16FN3O3S. The number of rotatable bonds is 3. The van der Waals surface area contributed by atoms with Crippen LogP contribution >= 0.6 is 0 Å². The molecule has 0 aliphatic carbocycles. The molecule has 1 saturated heterocycles. The van der Waals surface area contributed by atoms with E-state index < -0.39 is 15.8 Å². The lowest BCUT2D eigenvalue weighted by Gasteiger charge is -2.33. The number of amides is 1. The Balaban J connectivity index is 2.11. The Hall–Kier alpha value is -1.98. The Labute approximate surface area is 128 Å². The van der Waals surface area contributed by atoms with Crippen LogP contribution in [0.15, 0.2) is 23.1 Å². The van der Waals surface area contributed by atoms with Gasteiger partial charge in [-0.15, -0.1) is 0 Å². The van der Waals surface area contributed by atoms with E-state index in [9.17, 15) is 17.6 Å². The van der Waals surface area contributed by atoms with Gasteiger partial charge in [0.15, 0.2) is 0 Å². The van der Waals surface area contributed by atoms with E-state index in [2.05, 4.69) is 0 Å². The van der Waals surface area contributed by atoms with Gasteiger partial charge in [-0.3, -0.25) is 4.79 Å². The molecular weight excluding hydrogens is 309 g/mol. The number of aryl methyl sites for hydroxylation is 1. The van der Waals surface area contributed by atoms with Crippen LogP contribution in [0.1, 0.15) is 12.0 Å². The molecule has 1 heterocycles. The molecule has 1 aliphatic heterocycles. The summed E-state index contributed by atoms with van der Waals surface area (Å²) in [6.07, 6.45) is -0.212. The normalized spacial score (nSPS) is 16.3. The zero-order valence-electron chi connectivity index (χ0n) is 12.1. The Morgan fingerprint density at radius 3 is 2.50 bits per heavy atom. The molecule has 0 unspecified atom stereocenters. The molecule has 0 aromatic heterocycles. The molecule has 22 heavy (non-hydrogen) atoms. The number of carbonyl (C=O) groups is 1. The zero-order chi connectivity index (χ0) is 16.3. The maximum Gasteiger partial charge on any atom is 0.243 e. The van der Waals surface area contributed by atoms with Crippen LogP contribution in [0, 0.1) is 24.1 Å². The lowest BCUT2D eigenvalue weighted by atomic mass is 10.2. The number of sulfonamides is 1. The Morgan fingerprint density at radius 2 is 1.95 bits per heavy atom. The van der Waals surface area contributed by atoms with Crippen LogP contribution < -0.4 is 0 Å². The highest BCUT2D eigenvalue weighted by molar-refractivity contribution is 7.89. The summed E-state index contributed by atoms with van der Waals surface area (Å²) in [6.45, 7) is 2.29. The number of carbonyl (C=O) groups excluding carboxylic acids is 1. The standard InChI is InChI=1S/C14H16FN3O3S/c1-11-2-3-12(10-13(11)15)22(20,21)18-8-6-17(7-9-18)14(19)4-5-16/h2-3,10H,4,6-9H2,1H3. The van der Waals surface area contributed by atoms with Gasteiger partial charge in [0, 0.05) is 26.2 Å². The summed E-state index contributed by atoms with van der Waals surface area (Å²) >= 11 is 0. The third kappa shape index (κ3) is 3.26. The van der Waals surface area contributed by atoms with Gasteiger partial charge in [-0.25, -0.2) is 12.8 Å². The summed E-state index contributed by atoms with van der Waals surface area (Å²) in [4.78, 5) is 13.0. The number of nitriles is 1. The number of halogens is 1. The fraction of sp³-hybridized carbons (Fsp3) is 0.429. The van der Waals surface area contributed by atoms with E-state index in [1.807, 2.05) is 0 Å². The quantitative estimate of drug-likeness (QED) is 0.826. The molecule has 6 nitrogen and oxygen atoms in total. The molecule has 2 rings (SSSR count). The molecule has 0 spiro atoms. The van der Waals surface area contributed by atoms with Crippen molar-refractivity contribution in [3.63, 3.8) is 0 Å². The molecule has 1 aromatic carbocycles. The molecule has 0 N–H and O–H groups in total. The van der Waals surface area contributed by atoms with Gasteiger partial charge in [0.2, 0.25) is 15.9 Å². The number of benzene rings is 1. The number of piperazine rings is 1. The first-order valence-corrected chi connectivity index (χ1v) is 8.21. The van der Waals surface area contributed by atoms with Crippen molar-refractivity contribution in [1.82, 2.24) is 9.21 Å². The topological polar surface area (TPSA) is 81.5 Å². The van der Waals surface area contributed by atoms with Gasteiger partial charge in [0.05, 0.1) is 11.0 Å². The van der Waals surface area contributed by atoms with E-state index in [0.717, 1.165) is 6.07 Å². The van der Waals surface area contributed by atoms with Crippen LogP contribution in [-0.4, -0.2) is 49.7 Å². The minimum atomic E-state index is -3.77. The Morgan fingerprint density at radius 1 is 1.32 bits per heavy atom. The fourth-order valence-corrected chi connectivity index (χ4v) is 3.67. The molecule has 1 amide bonds. The highest BCUT2D eigenvalue weighted by Crippen LogP contribution is 2.20. The van der Waals surface area contributed by atoms with Crippen LogP contribution in [0.3, 0.4) is 0 Å². The zero-order valence-corrected chi connectivity index (χ0v) is 12.9. The van der Waals surface area contributed by atoms with Gasteiger partial charge in [-0.1, -0.05) is 6.07 Å². The van der Waals surface area contributed by atoms with Crippen molar-refractivity contribution in [2.45, 2.75) is 18.2 Å². The minimum Gasteiger partial charge on any atom is -0.339 e. The Bertz CT molecular complexity index is 719. The van der Waals surface area contributed by atoms with Crippen molar-refractivity contribution in [3.8, 4) is 6.07 Å². The predicted octanol–water partition coefficient (Wildman–Crippen LogP) is 0.881. The molecule has 0 atom stereocenters. The summed E-state index contributed by atoms with van der Waals surface area (Å²) in [7, 11) is -3.77. The molecule has 0 saturated carbocycles. The van der Waals surface area contributed by atoms with Gasteiger partial charge in [0.1, 0.15) is 12.2 Å². The molecule has 1 fully saturated rings. The molecule has 8 heteroatoms. The third-order valence-electron chi connectivity index (χ3n) is 3.60. The van der Waals surface area contributed by atoms with Gasteiger partial charge < -0.3 is 4.90 Å². The smallest absolute Gasteiger partial charge is 0.243 e. The third-order valence-corrected chi connectivity index (χ3v) is 5.50. The van der Waals surface area contributed by atoms with E-state index in [1.165, 1.54) is 21.3 Å². The second-order valence-corrected chi connectivity index (χ2v) is 6.97. The summed E-state index contributed by atoms with van der Waals surface area (Å²) in [5.41, 5.74) is 0.380. The van der Waals surface area contributed by atoms with E-state index in [0.29, 0.717) is 5.56 Å². The van der Waals surface area contributed by atoms with Crippen molar-refractivity contribution in [3.05, 3.63) is 29.6 Å². The van der Waals surface area contributed by atoms with Crippen LogP contribution in [0.2, 0.25) is 0 Å². The van der Waals surface area contributed by atoms with E-state index >= 15 is 0 Å². The van der Waals surface area contributed by atoms with Crippen LogP contribution in [0.4, 0.5) is 4.39 Å². The van der Waals surface area contributed by atoms with Gasteiger partial charge >= 0.3 is 0 Å². The second kappa shape index (κ2) is 6.42. The van der Waals surface area contributed by atoms with Crippen molar-refractivity contribution < 1.29 is 17.6 Å². The van der Waals surface area contributed by atoms with Crippen LogP contribution in [0.5, 0.6) is 0 Å². The summed E-state index contributed by atoms with van der Waals surface area (Å²) < 4.78 is 39.7. The summed E-state index contributed by atoms with van der Waals surface area (Å²) in [5.74, 6) is -0.871. The van der Waals surface area contributed by atoms with E-state index in [-0.39, 0.29) is 43.4 Å². The minimum absolute atomic E-state index is 0.0904. The van der Waals surface area contributed by atoms with Crippen molar-refractivity contribution in [2.24, 2.45) is 0 Å². The average molecular weight is 325 g/mol. The van der Waals surface area contributed by atoms with Crippen LogP contribution in [-0.2, 0) is 14.8 Å². The van der Waals surface area contributed by atoms with Crippen molar-refractivity contribution in [1.29, 1.82) is 5.26 Å². The summed E-state index contributed by atoms with van der Waals surface area (Å²) in [5, 5.41) is 8.51. The second-order valence-electron chi connectivity index (χ2n) is 5.03. The molecule has 0 bridgehead atoms. The first kappa shape index (κ1) is 16.4. The first-order chi connectivity index (χ1) is 10.4. The van der Waals surface area contributed by atoms with Gasteiger partial charge in [-0.05, 0) is 24.6 Å². The maximum atomic E-state index is 13.6. The van der Waals surface area contributed by atoms with Crippen molar-refractivity contribution in [2.75, 3.05) is 26.2 Å². The lowest BCUT2D eigenvalue weighted by Crippen LogP contribution is -2.50. The van der Waals surface area contributed by atoms with Crippen LogP contribution in [0.25, 0.3) is 0 Å². The highest BCUT2D eigenvalue weighted by atomic mass is 32.2. The Kier molecular flexibility index (Phi) is 4.78. The average Bonchev–Trinajstić information content (AvgIpc) is 2.50.